The van der Waals surface area contributed by atoms with Gasteiger partial charge in [0.25, 0.3) is 0 Å². The van der Waals surface area contributed by atoms with Crippen LogP contribution in [0, 0.1) is 13.8 Å². The van der Waals surface area contributed by atoms with Gasteiger partial charge in [0.15, 0.2) is 5.96 Å². The van der Waals surface area contributed by atoms with E-state index < -0.39 is 0 Å². The van der Waals surface area contributed by atoms with Crippen molar-refractivity contribution in [3.05, 3.63) is 41.1 Å². The van der Waals surface area contributed by atoms with Crippen LogP contribution in [0.3, 0.4) is 0 Å². The van der Waals surface area contributed by atoms with Crippen molar-refractivity contribution in [1.29, 1.82) is 0 Å². The third kappa shape index (κ3) is 6.88. The van der Waals surface area contributed by atoms with Gasteiger partial charge in [-0.2, -0.15) is 5.10 Å². The highest BCUT2D eigenvalue weighted by molar-refractivity contribution is 5.79. The maximum absolute atomic E-state index is 5.42. The zero-order chi connectivity index (χ0) is 21.2. The molecule has 0 aliphatic carbocycles. The molecule has 0 spiro atoms. The Morgan fingerprint density at radius 1 is 1.17 bits per heavy atom. The van der Waals surface area contributed by atoms with Crippen LogP contribution in [0.5, 0.6) is 0 Å². The van der Waals surface area contributed by atoms with Crippen LogP contribution in [-0.4, -0.2) is 73.1 Å². The first-order valence-electron chi connectivity index (χ1n) is 11.0. The summed E-state index contributed by atoms with van der Waals surface area (Å²) in [6, 6.07) is 3.93. The zero-order valence-electron chi connectivity index (χ0n) is 18.6. The predicted octanol–water partition coefficient (Wildman–Crippen LogP) is 1.67. The SMILES string of the molecule is Cc1nn(C)c(C)c1CCCN=C(NCCc1ccco1)NCCN1CCOCC1. The smallest absolute Gasteiger partial charge is 0.191 e. The molecule has 1 fully saturated rings. The molecule has 166 valence electrons. The highest BCUT2D eigenvalue weighted by atomic mass is 16.5. The first-order valence-corrected chi connectivity index (χ1v) is 11.0. The van der Waals surface area contributed by atoms with Gasteiger partial charge in [-0.3, -0.25) is 14.6 Å². The monoisotopic (exact) mass is 416 g/mol. The fraction of sp³-hybridized carbons (Fsp3) is 0.636. The number of furan rings is 1. The average Bonchev–Trinajstić information content (AvgIpc) is 3.34. The van der Waals surface area contributed by atoms with Gasteiger partial charge < -0.3 is 19.8 Å². The number of aromatic nitrogens is 2. The van der Waals surface area contributed by atoms with Crippen molar-refractivity contribution in [1.82, 2.24) is 25.3 Å². The average molecular weight is 417 g/mol. The summed E-state index contributed by atoms with van der Waals surface area (Å²) in [5, 5.41) is 11.4. The van der Waals surface area contributed by atoms with Crippen molar-refractivity contribution in [3.63, 3.8) is 0 Å². The molecule has 2 aromatic rings. The van der Waals surface area contributed by atoms with E-state index in [9.17, 15) is 0 Å². The molecule has 8 nitrogen and oxygen atoms in total. The molecule has 3 rings (SSSR count). The van der Waals surface area contributed by atoms with Gasteiger partial charge in [-0.1, -0.05) is 0 Å². The van der Waals surface area contributed by atoms with Crippen LogP contribution >= 0.6 is 0 Å². The highest BCUT2D eigenvalue weighted by Crippen LogP contribution is 2.13. The van der Waals surface area contributed by atoms with E-state index in [1.807, 2.05) is 23.9 Å². The minimum absolute atomic E-state index is 0.779. The third-order valence-corrected chi connectivity index (χ3v) is 5.58. The van der Waals surface area contributed by atoms with E-state index in [1.165, 1.54) is 11.3 Å². The molecule has 0 atom stereocenters. The lowest BCUT2D eigenvalue weighted by atomic mass is 10.1. The van der Waals surface area contributed by atoms with Crippen LogP contribution in [0.1, 0.15) is 29.1 Å². The summed E-state index contributed by atoms with van der Waals surface area (Å²) in [7, 11) is 2.00. The number of ether oxygens (including phenoxy) is 1. The van der Waals surface area contributed by atoms with Crippen molar-refractivity contribution in [3.8, 4) is 0 Å². The quantitative estimate of drug-likeness (QED) is 0.348. The number of hydrogen-bond acceptors (Lipinski definition) is 5. The Balaban J connectivity index is 1.46. The summed E-state index contributed by atoms with van der Waals surface area (Å²) >= 11 is 0. The number of nitrogens with one attached hydrogen (secondary N) is 2. The topological polar surface area (TPSA) is 79.8 Å². The number of rotatable bonds is 10. The number of aryl methyl sites for hydroxylation is 2. The molecule has 30 heavy (non-hydrogen) atoms. The standard InChI is InChI=1S/C22H36N6O2/c1-18-21(19(2)27(3)26-18)7-4-9-23-22(24-10-8-20-6-5-15-30-20)25-11-12-28-13-16-29-17-14-28/h5-6,15H,4,7-14,16-17H2,1-3H3,(H2,23,24,25). The van der Waals surface area contributed by atoms with Gasteiger partial charge in [-0.25, -0.2) is 0 Å². The van der Waals surface area contributed by atoms with Gasteiger partial charge in [0.05, 0.1) is 25.2 Å². The molecule has 2 N–H and O–H groups in total. The Morgan fingerprint density at radius 2 is 1.97 bits per heavy atom. The molecule has 1 saturated heterocycles. The number of nitrogens with zero attached hydrogens (tertiary/aromatic N) is 4. The summed E-state index contributed by atoms with van der Waals surface area (Å²) in [6.45, 7) is 11.3. The summed E-state index contributed by atoms with van der Waals surface area (Å²) in [6.07, 6.45) is 4.56. The lowest BCUT2D eigenvalue weighted by Crippen LogP contribution is -2.44. The van der Waals surface area contributed by atoms with Crippen molar-refractivity contribution in [2.75, 3.05) is 52.5 Å². The molecule has 8 heteroatoms. The Kier molecular flexibility index (Phi) is 8.77. The minimum Gasteiger partial charge on any atom is -0.469 e. The number of aliphatic imine (C=N–C) groups is 1. The number of morpholine rings is 1. The molecule has 0 saturated carbocycles. The van der Waals surface area contributed by atoms with Crippen molar-refractivity contribution >= 4 is 5.96 Å². The summed E-state index contributed by atoms with van der Waals surface area (Å²) in [4.78, 5) is 7.22. The maximum atomic E-state index is 5.42. The molecule has 0 aromatic carbocycles. The molecular weight excluding hydrogens is 380 g/mol. The molecule has 2 aromatic heterocycles. The lowest BCUT2D eigenvalue weighted by molar-refractivity contribution is 0.0389. The van der Waals surface area contributed by atoms with E-state index in [2.05, 4.69) is 34.5 Å². The molecule has 3 heterocycles. The molecule has 1 aliphatic rings. The number of guanidine groups is 1. The van der Waals surface area contributed by atoms with Crippen LogP contribution in [0.25, 0.3) is 0 Å². The van der Waals surface area contributed by atoms with E-state index in [0.717, 1.165) is 89.2 Å². The van der Waals surface area contributed by atoms with Gasteiger partial charge in [-0.05, 0) is 44.4 Å². The first kappa shape index (κ1) is 22.4. The zero-order valence-corrected chi connectivity index (χ0v) is 18.6. The summed E-state index contributed by atoms with van der Waals surface area (Å²) in [5.74, 6) is 1.85. The summed E-state index contributed by atoms with van der Waals surface area (Å²) in [5.41, 5.74) is 3.72. The van der Waals surface area contributed by atoms with E-state index in [4.69, 9.17) is 14.1 Å². The Morgan fingerprint density at radius 3 is 2.67 bits per heavy atom. The molecular formula is C22H36N6O2. The second-order valence-electron chi connectivity index (χ2n) is 7.74. The summed E-state index contributed by atoms with van der Waals surface area (Å²) < 4.78 is 12.8. The molecule has 0 amide bonds. The van der Waals surface area contributed by atoms with Crippen LogP contribution in [-0.2, 0) is 24.6 Å². The van der Waals surface area contributed by atoms with Gasteiger partial charge in [0.2, 0.25) is 0 Å². The van der Waals surface area contributed by atoms with E-state index in [1.54, 1.807) is 6.26 Å². The van der Waals surface area contributed by atoms with Gasteiger partial charge in [-0.15, -0.1) is 0 Å². The molecule has 1 aliphatic heterocycles. The third-order valence-electron chi connectivity index (χ3n) is 5.58. The minimum atomic E-state index is 0.779. The van der Waals surface area contributed by atoms with Gasteiger partial charge in [0.1, 0.15) is 5.76 Å². The van der Waals surface area contributed by atoms with E-state index in [-0.39, 0.29) is 0 Å². The van der Waals surface area contributed by atoms with Gasteiger partial charge >= 0.3 is 0 Å². The molecule has 0 bridgehead atoms. The Bertz CT molecular complexity index is 778. The lowest BCUT2D eigenvalue weighted by Gasteiger charge is -2.26. The fourth-order valence-corrected chi connectivity index (χ4v) is 3.72. The maximum Gasteiger partial charge on any atom is 0.191 e. The fourth-order valence-electron chi connectivity index (χ4n) is 3.72. The van der Waals surface area contributed by atoms with Crippen molar-refractivity contribution in [2.24, 2.45) is 12.0 Å². The van der Waals surface area contributed by atoms with Crippen molar-refractivity contribution < 1.29 is 9.15 Å². The molecule has 0 radical (unpaired) electrons. The van der Waals surface area contributed by atoms with E-state index >= 15 is 0 Å². The number of hydrogen-bond donors (Lipinski definition) is 2. The highest BCUT2D eigenvalue weighted by Gasteiger charge is 2.10. The Labute approximate surface area is 179 Å². The van der Waals surface area contributed by atoms with Gasteiger partial charge in [0, 0.05) is 58.4 Å². The van der Waals surface area contributed by atoms with Crippen LogP contribution in [0.4, 0.5) is 0 Å². The van der Waals surface area contributed by atoms with Crippen LogP contribution in [0.2, 0.25) is 0 Å². The molecule has 0 unspecified atom stereocenters. The first-order chi connectivity index (χ1) is 14.6. The second-order valence-corrected chi connectivity index (χ2v) is 7.74. The van der Waals surface area contributed by atoms with Crippen molar-refractivity contribution in [2.45, 2.75) is 33.1 Å². The normalized spacial score (nSPS) is 15.5. The van der Waals surface area contributed by atoms with Crippen LogP contribution < -0.4 is 10.6 Å². The van der Waals surface area contributed by atoms with Crippen LogP contribution in [0.15, 0.2) is 27.8 Å². The second kappa shape index (κ2) is 11.8. The van der Waals surface area contributed by atoms with E-state index in [0.29, 0.717) is 0 Å². The Hall–Kier alpha value is -2.32. The largest absolute Gasteiger partial charge is 0.469 e. The predicted molar refractivity (Wildman–Crippen MR) is 119 cm³/mol.